The summed E-state index contributed by atoms with van der Waals surface area (Å²) in [5.41, 5.74) is 4.81. The second-order valence-electron chi connectivity index (χ2n) is 7.64. The maximum atomic E-state index is 12.9. The van der Waals surface area contributed by atoms with Gasteiger partial charge in [0.2, 0.25) is 10.0 Å². The lowest BCUT2D eigenvalue weighted by Crippen LogP contribution is -2.16. The van der Waals surface area contributed by atoms with Crippen LogP contribution in [0.4, 0.5) is 5.69 Å². The third-order valence-corrected chi connectivity index (χ3v) is 6.52. The number of aromatic nitrogens is 1. The molecule has 1 amide bonds. The van der Waals surface area contributed by atoms with Crippen molar-refractivity contribution < 1.29 is 13.2 Å². The number of carbonyl (C=O) groups excluding carboxylic acids is 1. The zero-order chi connectivity index (χ0) is 20.1. The Balaban J connectivity index is 1.71. The van der Waals surface area contributed by atoms with Crippen LogP contribution in [0.3, 0.4) is 0 Å². The number of amides is 1. The van der Waals surface area contributed by atoms with E-state index in [1.54, 1.807) is 25.1 Å². The van der Waals surface area contributed by atoms with Crippen LogP contribution in [0, 0.1) is 12.8 Å². The normalized spacial score (nSPS) is 16.8. The molecule has 0 radical (unpaired) electrons. The Kier molecular flexibility index (Phi) is 4.51. The first-order valence-electron chi connectivity index (χ1n) is 9.31. The van der Waals surface area contributed by atoms with Crippen molar-refractivity contribution in [2.45, 2.75) is 38.0 Å². The average molecular weight is 398 g/mol. The number of primary sulfonamides is 1. The third-order valence-electron chi connectivity index (χ3n) is 5.47. The van der Waals surface area contributed by atoms with Gasteiger partial charge in [-0.25, -0.2) is 13.6 Å². The summed E-state index contributed by atoms with van der Waals surface area (Å²) in [7, 11) is -3.86. The summed E-state index contributed by atoms with van der Waals surface area (Å²) in [6.07, 6.45) is 3.14. The zero-order valence-corrected chi connectivity index (χ0v) is 16.7. The summed E-state index contributed by atoms with van der Waals surface area (Å²) in [4.78, 5) is 16.4. The molecule has 1 aromatic heterocycles. The van der Waals surface area contributed by atoms with Crippen LogP contribution in [-0.4, -0.2) is 19.3 Å². The fourth-order valence-electron chi connectivity index (χ4n) is 3.99. The number of nitrogens with two attached hydrogens (primary N) is 1. The molecule has 1 aliphatic rings. The number of rotatable bonds is 3. The van der Waals surface area contributed by atoms with Crippen LogP contribution in [0.25, 0.3) is 10.9 Å². The lowest BCUT2D eigenvalue weighted by Gasteiger charge is -2.17. The van der Waals surface area contributed by atoms with E-state index in [4.69, 9.17) is 5.14 Å². The van der Waals surface area contributed by atoms with E-state index >= 15 is 0 Å². The number of nitrogens with one attached hydrogen (secondary N) is 2. The molecule has 1 unspecified atom stereocenters. The van der Waals surface area contributed by atoms with Crippen LogP contribution in [0.5, 0.6) is 0 Å². The van der Waals surface area contributed by atoms with Gasteiger partial charge in [-0.1, -0.05) is 25.1 Å². The monoisotopic (exact) mass is 397 g/mol. The smallest absolute Gasteiger partial charge is 0.257 e. The lowest BCUT2D eigenvalue weighted by atomic mass is 9.87. The van der Waals surface area contributed by atoms with E-state index in [1.807, 2.05) is 12.1 Å². The first-order chi connectivity index (χ1) is 13.2. The number of anilines is 1. The molecule has 7 heteroatoms. The summed E-state index contributed by atoms with van der Waals surface area (Å²) in [6, 6.07) is 10.4. The van der Waals surface area contributed by atoms with Crippen molar-refractivity contribution in [1.29, 1.82) is 0 Å². The average Bonchev–Trinajstić information content (AvgIpc) is 3.00. The number of fused-ring (bicyclic) bond motifs is 3. The molecule has 1 heterocycles. The summed E-state index contributed by atoms with van der Waals surface area (Å²) >= 11 is 0. The van der Waals surface area contributed by atoms with Crippen LogP contribution in [-0.2, 0) is 22.9 Å². The maximum absolute atomic E-state index is 12.9. The number of aryl methyl sites for hydroxylation is 2. The fourth-order valence-corrected chi connectivity index (χ4v) is 4.80. The van der Waals surface area contributed by atoms with Crippen molar-refractivity contribution in [2.75, 3.05) is 5.32 Å². The predicted molar refractivity (Wildman–Crippen MR) is 110 cm³/mol. The Labute approximate surface area is 164 Å². The van der Waals surface area contributed by atoms with Gasteiger partial charge in [0.15, 0.2) is 0 Å². The number of benzene rings is 2. The van der Waals surface area contributed by atoms with Crippen LogP contribution in [0.2, 0.25) is 0 Å². The molecule has 0 saturated heterocycles. The number of hydrogen-bond donors (Lipinski definition) is 3. The minimum Gasteiger partial charge on any atom is -0.358 e. The highest BCUT2D eigenvalue weighted by Gasteiger charge is 2.22. The van der Waals surface area contributed by atoms with Crippen molar-refractivity contribution in [1.82, 2.24) is 4.98 Å². The molecule has 0 bridgehead atoms. The van der Waals surface area contributed by atoms with Gasteiger partial charge in [-0.3, -0.25) is 4.79 Å². The molecule has 1 atom stereocenters. The van der Waals surface area contributed by atoms with Gasteiger partial charge in [0, 0.05) is 16.8 Å². The molecule has 146 valence electrons. The molecule has 4 rings (SSSR count). The Morgan fingerprint density at radius 3 is 2.79 bits per heavy atom. The van der Waals surface area contributed by atoms with E-state index in [1.165, 1.54) is 17.3 Å². The van der Waals surface area contributed by atoms with Gasteiger partial charge < -0.3 is 10.3 Å². The minimum absolute atomic E-state index is 0.00725. The first kappa shape index (κ1) is 18.7. The van der Waals surface area contributed by atoms with E-state index in [9.17, 15) is 13.2 Å². The molecular formula is C21H23N3O3S. The van der Waals surface area contributed by atoms with Gasteiger partial charge in [-0.15, -0.1) is 0 Å². The summed E-state index contributed by atoms with van der Waals surface area (Å²) in [5.74, 6) is 0.342. The predicted octanol–water partition coefficient (Wildman–Crippen LogP) is 3.50. The molecule has 0 spiro atoms. The van der Waals surface area contributed by atoms with Crippen LogP contribution in [0.15, 0.2) is 41.3 Å². The van der Waals surface area contributed by atoms with Crippen LogP contribution in [0.1, 0.15) is 40.5 Å². The summed E-state index contributed by atoms with van der Waals surface area (Å²) in [6.45, 7) is 3.91. The Hall–Kier alpha value is -2.64. The summed E-state index contributed by atoms with van der Waals surface area (Å²) < 4.78 is 23.5. The standard InChI is InChI=1S/C21H23N3O3S/c1-12-6-9-18-17(10-12)15-4-3-5-16(20(15)24-18)21(25)23-14-8-7-13(2)19(11-14)28(22,26)27/h3-5,7-8,11-12,24H,6,9-10H2,1-2H3,(H,23,25)(H2,22,26,27). The van der Waals surface area contributed by atoms with Crippen molar-refractivity contribution in [2.24, 2.45) is 11.1 Å². The third kappa shape index (κ3) is 3.31. The highest BCUT2D eigenvalue weighted by molar-refractivity contribution is 7.89. The topological polar surface area (TPSA) is 105 Å². The Morgan fingerprint density at radius 2 is 2.04 bits per heavy atom. The van der Waals surface area contributed by atoms with Gasteiger partial charge >= 0.3 is 0 Å². The number of sulfonamides is 1. The highest BCUT2D eigenvalue weighted by Crippen LogP contribution is 2.33. The molecule has 0 saturated carbocycles. The molecule has 28 heavy (non-hydrogen) atoms. The second-order valence-corrected chi connectivity index (χ2v) is 9.17. The number of aromatic amines is 1. The largest absolute Gasteiger partial charge is 0.358 e. The lowest BCUT2D eigenvalue weighted by molar-refractivity contribution is 0.102. The molecule has 1 aliphatic carbocycles. The van der Waals surface area contributed by atoms with E-state index in [2.05, 4.69) is 17.2 Å². The number of para-hydroxylation sites is 1. The molecule has 0 aliphatic heterocycles. The SMILES string of the molecule is Cc1ccc(NC(=O)c2cccc3c4c([nH]c23)CCC(C)C4)cc1S(N)(=O)=O. The van der Waals surface area contributed by atoms with Gasteiger partial charge in [0.05, 0.1) is 16.0 Å². The Bertz CT molecular complexity index is 1200. The molecule has 2 aromatic carbocycles. The Morgan fingerprint density at radius 1 is 1.25 bits per heavy atom. The van der Waals surface area contributed by atoms with Gasteiger partial charge in [-0.2, -0.15) is 0 Å². The number of H-pyrrole nitrogens is 1. The van der Waals surface area contributed by atoms with E-state index < -0.39 is 10.0 Å². The van der Waals surface area contributed by atoms with Crippen LogP contribution >= 0.6 is 0 Å². The highest BCUT2D eigenvalue weighted by atomic mass is 32.2. The van der Waals surface area contributed by atoms with Crippen molar-refractivity contribution in [3.05, 3.63) is 58.8 Å². The molecule has 0 fully saturated rings. The quantitative estimate of drug-likeness (QED) is 0.630. The van der Waals surface area contributed by atoms with Crippen molar-refractivity contribution in [3.8, 4) is 0 Å². The van der Waals surface area contributed by atoms with Gasteiger partial charge in [0.25, 0.3) is 5.91 Å². The fraction of sp³-hybridized carbons (Fsp3) is 0.286. The number of carbonyl (C=O) groups is 1. The second kappa shape index (κ2) is 6.76. The molecule has 4 N–H and O–H groups in total. The first-order valence-corrected chi connectivity index (χ1v) is 10.9. The molecule has 6 nitrogen and oxygen atoms in total. The van der Waals surface area contributed by atoms with E-state index in [-0.39, 0.29) is 10.8 Å². The van der Waals surface area contributed by atoms with E-state index in [0.717, 1.165) is 30.2 Å². The zero-order valence-electron chi connectivity index (χ0n) is 15.9. The molecular weight excluding hydrogens is 374 g/mol. The summed E-state index contributed by atoms with van der Waals surface area (Å²) in [5, 5.41) is 9.15. The van der Waals surface area contributed by atoms with Gasteiger partial charge in [-0.05, 0) is 61.4 Å². The van der Waals surface area contributed by atoms with Gasteiger partial charge in [0.1, 0.15) is 0 Å². The minimum atomic E-state index is -3.86. The van der Waals surface area contributed by atoms with Crippen molar-refractivity contribution in [3.63, 3.8) is 0 Å². The van der Waals surface area contributed by atoms with Crippen molar-refractivity contribution >= 4 is 32.5 Å². The molecule has 3 aromatic rings. The maximum Gasteiger partial charge on any atom is 0.257 e. The van der Waals surface area contributed by atoms with E-state index in [0.29, 0.717) is 22.7 Å². The van der Waals surface area contributed by atoms with Crippen LogP contribution < -0.4 is 10.5 Å². The number of hydrogen-bond acceptors (Lipinski definition) is 3.